The highest BCUT2D eigenvalue weighted by Gasteiger charge is 2.31. The molecule has 0 spiro atoms. The Bertz CT molecular complexity index is 911. The summed E-state index contributed by atoms with van der Waals surface area (Å²) in [6.07, 6.45) is 7.44. The van der Waals surface area contributed by atoms with Crippen molar-refractivity contribution >= 4 is 11.8 Å². The third kappa shape index (κ3) is 6.50. The zero-order valence-corrected chi connectivity index (χ0v) is 19.2. The number of benzene rings is 2. The number of nitrogens with zero attached hydrogens (tertiary/aromatic N) is 1. The van der Waals surface area contributed by atoms with Gasteiger partial charge in [0.25, 0.3) is 5.91 Å². The molecule has 1 heterocycles. The molecule has 2 aromatic carbocycles. The van der Waals surface area contributed by atoms with Crippen LogP contribution in [0.2, 0.25) is 0 Å². The molecule has 1 saturated carbocycles. The summed E-state index contributed by atoms with van der Waals surface area (Å²) < 4.78 is 11.6. The van der Waals surface area contributed by atoms with Crippen molar-refractivity contribution < 1.29 is 19.1 Å². The van der Waals surface area contributed by atoms with Gasteiger partial charge >= 0.3 is 0 Å². The lowest BCUT2D eigenvalue weighted by molar-refractivity contribution is -0.127. The van der Waals surface area contributed by atoms with Gasteiger partial charge in [-0.1, -0.05) is 49.6 Å². The second kappa shape index (κ2) is 11.7. The highest BCUT2D eigenvalue weighted by atomic mass is 16.5. The van der Waals surface area contributed by atoms with Crippen LogP contribution in [0.1, 0.15) is 55.3 Å². The van der Waals surface area contributed by atoms with Crippen LogP contribution in [-0.2, 0) is 4.79 Å². The number of piperidine rings is 1. The number of hydrogen-bond donors (Lipinski definition) is 1. The maximum absolute atomic E-state index is 13.3. The Morgan fingerprint density at radius 1 is 0.848 bits per heavy atom. The Morgan fingerprint density at radius 2 is 1.58 bits per heavy atom. The van der Waals surface area contributed by atoms with Crippen LogP contribution in [0.25, 0.3) is 0 Å². The molecule has 0 bridgehead atoms. The lowest BCUT2D eigenvalue weighted by Crippen LogP contribution is -2.48. The molecule has 1 aliphatic heterocycles. The van der Waals surface area contributed by atoms with E-state index in [0.717, 1.165) is 31.4 Å². The van der Waals surface area contributed by atoms with Gasteiger partial charge in [-0.15, -0.1) is 0 Å². The van der Waals surface area contributed by atoms with Gasteiger partial charge < -0.3 is 19.7 Å². The fourth-order valence-electron chi connectivity index (χ4n) is 4.71. The molecule has 1 N–H and O–H groups in total. The van der Waals surface area contributed by atoms with E-state index < -0.39 is 0 Å². The minimum absolute atomic E-state index is 0.0789. The fourth-order valence-corrected chi connectivity index (χ4v) is 4.71. The molecule has 6 nitrogen and oxygen atoms in total. The first kappa shape index (κ1) is 23.1. The quantitative estimate of drug-likeness (QED) is 0.604. The standard InChI is InChI=1S/C27H34N2O4/c30-26(28-22-11-3-1-4-12-22)21-10-9-17-29(20-21)27(31)24-15-7-8-16-25(24)33-19-18-32-23-13-5-2-6-14-23/h2,5-8,13-16,21-22H,1,3-4,9-12,17-20H2,(H,28,30). The Morgan fingerprint density at radius 3 is 2.39 bits per heavy atom. The number of para-hydroxylation sites is 2. The zero-order valence-electron chi connectivity index (χ0n) is 19.2. The van der Waals surface area contributed by atoms with E-state index in [0.29, 0.717) is 43.7 Å². The second-order valence-corrected chi connectivity index (χ2v) is 8.94. The van der Waals surface area contributed by atoms with Gasteiger partial charge in [-0.05, 0) is 49.9 Å². The number of rotatable bonds is 8. The second-order valence-electron chi connectivity index (χ2n) is 8.94. The normalized spacial score (nSPS) is 19.0. The molecular formula is C27H34N2O4. The molecule has 0 aromatic heterocycles. The van der Waals surface area contributed by atoms with E-state index in [1.807, 2.05) is 48.5 Å². The van der Waals surface area contributed by atoms with Crippen LogP contribution in [0.4, 0.5) is 0 Å². The van der Waals surface area contributed by atoms with Crippen LogP contribution in [0.5, 0.6) is 11.5 Å². The van der Waals surface area contributed by atoms with Crippen molar-refractivity contribution in [1.82, 2.24) is 10.2 Å². The third-order valence-electron chi connectivity index (χ3n) is 6.50. The van der Waals surface area contributed by atoms with Crippen molar-refractivity contribution in [3.63, 3.8) is 0 Å². The van der Waals surface area contributed by atoms with Crippen LogP contribution in [0.3, 0.4) is 0 Å². The van der Waals surface area contributed by atoms with E-state index in [1.54, 1.807) is 11.0 Å². The van der Waals surface area contributed by atoms with Gasteiger partial charge in [-0.2, -0.15) is 0 Å². The number of carbonyl (C=O) groups excluding carboxylic acids is 2. The average molecular weight is 451 g/mol. The van der Waals surface area contributed by atoms with Crippen molar-refractivity contribution in [2.24, 2.45) is 5.92 Å². The van der Waals surface area contributed by atoms with E-state index in [1.165, 1.54) is 19.3 Å². The van der Waals surface area contributed by atoms with Crippen molar-refractivity contribution in [1.29, 1.82) is 0 Å². The van der Waals surface area contributed by atoms with Crippen LogP contribution < -0.4 is 14.8 Å². The number of carbonyl (C=O) groups is 2. The molecule has 2 aliphatic rings. The Hall–Kier alpha value is -3.02. The van der Waals surface area contributed by atoms with Crippen LogP contribution in [-0.4, -0.2) is 49.1 Å². The van der Waals surface area contributed by atoms with E-state index in [4.69, 9.17) is 9.47 Å². The molecule has 6 heteroatoms. The molecule has 1 unspecified atom stereocenters. The number of likely N-dealkylation sites (tertiary alicyclic amines) is 1. The summed E-state index contributed by atoms with van der Waals surface area (Å²) in [5.74, 6) is 1.22. The van der Waals surface area contributed by atoms with Gasteiger partial charge in [-0.25, -0.2) is 0 Å². The predicted molar refractivity (Wildman–Crippen MR) is 128 cm³/mol. The van der Waals surface area contributed by atoms with Gasteiger partial charge in [0.2, 0.25) is 5.91 Å². The maximum Gasteiger partial charge on any atom is 0.257 e. The first-order valence-electron chi connectivity index (χ1n) is 12.2. The zero-order chi connectivity index (χ0) is 22.9. The summed E-state index contributed by atoms with van der Waals surface area (Å²) in [5, 5.41) is 3.23. The topological polar surface area (TPSA) is 67.9 Å². The summed E-state index contributed by atoms with van der Waals surface area (Å²) in [5.41, 5.74) is 0.533. The van der Waals surface area contributed by atoms with Gasteiger partial charge in [0.1, 0.15) is 24.7 Å². The molecule has 0 radical (unpaired) electrons. The molecule has 1 atom stereocenters. The number of amides is 2. The van der Waals surface area contributed by atoms with Crippen LogP contribution >= 0.6 is 0 Å². The van der Waals surface area contributed by atoms with Crippen LogP contribution in [0.15, 0.2) is 54.6 Å². The first-order chi connectivity index (χ1) is 16.2. The van der Waals surface area contributed by atoms with E-state index in [2.05, 4.69) is 5.32 Å². The molecule has 4 rings (SSSR count). The third-order valence-corrected chi connectivity index (χ3v) is 6.50. The molecule has 176 valence electrons. The summed E-state index contributed by atoms with van der Waals surface area (Å²) in [7, 11) is 0. The minimum atomic E-state index is -0.142. The predicted octanol–water partition coefficient (Wildman–Crippen LogP) is 4.45. The summed E-state index contributed by atoms with van der Waals surface area (Å²) in [4.78, 5) is 28.0. The largest absolute Gasteiger partial charge is 0.490 e. The average Bonchev–Trinajstić information content (AvgIpc) is 2.88. The van der Waals surface area contributed by atoms with Crippen molar-refractivity contribution in [3.8, 4) is 11.5 Å². The van der Waals surface area contributed by atoms with E-state index >= 15 is 0 Å². The highest BCUT2D eigenvalue weighted by Crippen LogP contribution is 2.25. The van der Waals surface area contributed by atoms with Gasteiger partial charge in [0.05, 0.1) is 11.5 Å². The molecule has 1 aliphatic carbocycles. The highest BCUT2D eigenvalue weighted by molar-refractivity contribution is 5.97. The molecule has 2 aromatic rings. The number of nitrogens with one attached hydrogen (secondary N) is 1. The molecule has 2 fully saturated rings. The molecular weight excluding hydrogens is 416 g/mol. The lowest BCUT2D eigenvalue weighted by atomic mass is 9.92. The Balaban J connectivity index is 1.31. The van der Waals surface area contributed by atoms with Gasteiger partial charge in [-0.3, -0.25) is 9.59 Å². The van der Waals surface area contributed by atoms with Crippen molar-refractivity contribution in [3.05, 3.63) is 60.2 Å². The summed E-state index contributed by atoms with van der Waals surface area (Å²) >= 11 is 0. The molecule has 2 amide bonds. The van der Waals surface area contributed by atoms with E-state index in [-0.39, 0.29) is 17.7 Å². The van der Waals surface area contributed by atoms with E-state index in [9.17, 15) is 9.59 Å². The Kier molecular flexibility index (Phi) is 8.23. The SMILES string of the molecule is O=C(NC1CCCCC1)C1CCCN(C(=O)c2ccccc2OCCOc2ccccc2)C1. The van der Waals surface area contributed by atoms with Crippen molar-refractivity contribution in [2.45, 2.75) is 51.0 Å². The summed E-state index contributed by atoms with van der Waals surface area (Å²) in [6.45, 7) is 1.85. The summed E-state index contributed by atoms with van der Waals surface area (Å²) in [6, 6.07) is 17.2. The minimum Gasteiger partial charge on any atom is -0.490 e. The van der Waals surface area contributed by atoms with Crippen LogP contribution in [0, 0.1) is 5.92 Å². The smallest absolute Gasteiger partial charge is 0.257 e. The number of ether oxygens (including phenoxy) is 2. The fraction of sp³-hybridized carbons (Fsp3) is 0.481. The molecule has 33 heavy (non-hydrogen) atoms. The lowest BCUT2D eigenvalue weighted by Gasteiger charge is -2.33. The number of hydrogen-bond acceptors (Lipinski definition) is 4. The first-order valence-corrected chi connectivity index (χ1v) is 12.2. The Labute approximate surface area is 196 Å². The van der Waals surface area contributed by atoms with Gasteiger partial charge in [0.15, 0.2) is 0 Å². The molecule has 1 saturated heterocycles. The van der Waals surface area contributed by atoms with Crippen molar-refractivity contribution in [2.75, 3.05) is 26.3 Å². The monoisotopic (exact) mass is 450 g/mol. The van der Waals surface area contributed by atoms with Gasteiger partial charge in [0, 0.05) is 19.1 Å². The maximum atomic E-state index is 13.3.